The normalized spacial score (nSPS) is 12.1. The van der Waals surface area contributed by atoms with E-state index >= 15 is 0 Å². The van der Waals surface area contributed by atoms with Crippen molar-refractivity contribution in [2.24, 2.45) is 0 Å². The van der Waals surface area contributed by atoms with Gasteiger partial charge in [-0.3, -0.25) is 0 Å². The van der Waals surface area contributed by atoms with Crippen LogP contribution in [0.4, 0.5) is 17.1 Å². The highest BCUT2D eigenvalue weighted by atomic mass is 32.1. The summed E-state index contributed by atoms with van der Waals surface area (Å²) in [7, 11) is 0. The Morgan fingerprint density at radius 2 is 0.758 bits per heavy atom. The van der Waals surface area contributed by atoms with Crippen molar-refractivity contribution >= 4 is 70.1 Å². The molecule has 0 saturated carbocycles. The van der Waals surface area contributed by atoms with Crippen LogP contribution < -0.4 is 4.90 Å². The monoisotopic (exact) mass is 867 g/mol. The van der Waals surface area contributed by atoms with Gasteiger partial charge in [0, 0.05) is 26.6 Å². The Hall–Kier alpha value is -7.26. The summed E-state index contributed by atoms with van der Waals surface area (Å²) in [6, 6.07) is 79.1. The third-order valence-corrected chi connectivity index (χ3v) is 14.6. The molecule has 320 valence electrons. The standard InChI is InChI=1S/C64H53NS/c1-63(2,3)46-39-45(40-47(41-46)64(4,5)6)49-31-17-24-44-26-19-33-54(61(44)49)51-28-11-14-36-57(51)65(58-37-20-34-55-52-29-12-15-38-59(52)66-62(55)58)56-35-13-10-27-50(56)53-32-18-25-43-23-16-30-48(60(43)53)42-21-8-7-9-22-42/h7-41H,1-6H3. The molecule has 10 aromatic carbocycles. The van der Waals surface area contributed by atoms with Crippen molar-refractivity contribution in [3.05, 3.63) is 223 Å². The maximum absolute atomic E-state index is 2.56. The van der Waals surface area contributed by atoms with Crippen LogP contribution in [0.5, 0.6) is 0 Å². The summed E-state index contributed by atoms with van der Waals surface area (Å²) < 4.78 is 2.55. The van der Waals surface area contributed by atoms with E-state index in [2.05, 4.69) is 259 Å². The number of hydrogen-bond donors (Lipinski definition) is 0. The Balaban J connectivity index is 1.21. The van der Waals surface area contributed by atoms with E-state index in [-0.39, 0.29) is 10.8 Å². The van der Waals surface area contributed by atoms with Gasteiger partial charge in [-0.2, -0.15) is 0 Å². The number of rotatable bonds is 7. The molecule has 0 N–H and O–H groups in total. The fraction of sp³-hybridized carbons (Fsp3) is 0.125. The van der Waals surface area contributed by atoms with Gasteiger partial charge < -0.3 is 4.90 Å². The van der Waals surface area contributed by atoms with Crippen LogP contribution in [0.25, 0.3) is 86.2 Å². The van der Waals surface area contributed by atoms with Crippen molar-refractivity contribution in [2.75, 3.05) is 4.90 Å². The van der Waals surface area contributed by atoms with Gasteiger partial charge in [0.1, 0.15) is 0 Å². The summed E-state index contributed by atoms with van der Waals surface area (Å²) in [5, 5.41) is 7.50. The molecule has 0 aliphatic heterocycles. The molecule has 0 aliphatic carbocycles. The Kier molecular flexibility index (Phi) is 10.2. The van der Waals surface area contributed by atoms with Crippen molar-refractivity contribution in [2.45, 2.75) is 52.4 Å². The van der Waals surface area contributed by atoms with E-state index in [0.717, 1.165) is 17.1 Å². The van der Waals surface area contributed by atoms with Gasteiger partial charge in [-0.15, -0.1) is 11.3 Å². The van der Waals surface area contributed by atoms with Crippen molar-refractivity contribution < 1.29 is 0 Å². The lowest BCUT2D eigenvalue weighted by molar-refractivity contribution is 0.569. The molecule has 0 bridgehead atoms. The second kappa shape index (κ2) is 16.3. The summed E-state index contributed by atoms with van der Waals surface area (Å²) in [5.41, 5.74) is 15.8. The van der Waals surface area contributed by atoms with Crippen LogP contribution in [0.3, 0.4) is 0 Å². The minimum atomic E-state index is -0.0104. The molecule has 1 heterocycles. The molecule has 11 aromatic rings. The number of anilines is 3. The molecule has 0 unspecified atom stereocenters. The van der Waals surface area contributed by atoms with Crippen LogP contribution in [0, 0.1) is 0 Å². The number of nitrogens with zero attached hydrogens (tertiary/aromatic N) is 1. The Bertz CT molecular complexity index is 3570. The molecular weight excluding hydrogens is 815 g/mol. The van der Waals surface area contributed by atoms with E-state index in [0.29, 0.717) is 0 Å². The Morgan fingerprint density at radius 1 is 0.333 bits per heavy atom. The van der Waals surface area contributed by atoms with E-state index in [9.17, 15) is 0 Å². The molecule has 0 radical (unpaired) electrons. The van der Waals surface area contributed by atoms with Crippen LogP contribution in [0.15, 0.2) is 212 Å². The first-order valence-corrected chi connectivity index (χ1v) is 24.0. The van der Waals surface area contributed by atoms with E-state index in [1.165, 1.54) is 97.4 Å². The van der Waals surface area contributed by atoms with Crippen LogP contribution in [0.1, 0.15) is 52.7 Å². The quantitative estimate of drug-likeness (QED) is 0.154. The van der Waals surface area contributed by atoms with Gasteiger partial charge in [0.2, 0.25) is 0 Å². The fourth-order valence-electron chi connectivity index (χ4n) is 9.97. The summed E-state index contributed by atoms with van der Waals surface area (Å²) in [5.74, 6) is 0. The molecule has 0 amide bonds. The average Bonchev–Trinajstić information content (AvgIpc) is 3.73. The SMILES string of the molecule is CC(C)(C)c1cc(-c2cccc3cccc(-c4ccccc4N(c4ccccc4-c4cccc5cccc(-c6ccccc6)c45)c4cccc5c4sc4ccccc45)c23)cc(C(C)(C)C)c1. The van der Waals surface area contributed by atoms with Crippen molar-refractivity contribution in [1.29, 1.82) is 0 Å². The molecule has 11 rings (SSSR count). The van der Waals surface area contributed by atoms with Gasteiger partial charge in [0.15, 0.2) is 0 Å². The van der Waals surface area contributed by atoms with Crippen molar-refractivity contribution in [3.8, 4) is 44.5 Å². The largest absolute Gasteiger partial charge is 0.308 e. The molecule has 2 heteroatoms. The second-order valence-corrected chi connectivity index (χ2v) is 20.8. The Labute approximate surface area is 393 Å². The number of hydrogen-bond acceptors (Lipinski definition) is 2. The van der Waals surface area contributed by atoms with E-state index < -0.39 is 0 Å². The maximum atomic E-state index is 2.56. The molecule has 1 aromatic heterocycles. The van der Waals surface area contributed by atoms with Gasteiger partial charge in [-0.1, -0.05) is 230 Å². The zero-order valence-electron chi connectivity index (χ0n) is 38.6. The zero-order chi connectivity index (χ0) is 45.2. The minimum absolute atomic E-state index is 0.0104. The van der Waals surface area contributed by atoms with Crippen molar-refractivity contribution in [3.63, 3.8) is 0 Å². The summed E-state index contributed by atoms with van der Waals surface area (Å²) in [4.78, 5) is 2.56. The van der Waals surface area contributed by atoms with Gasteiger partial charge in [0.25, 0.3) is 0 Å². The van der Waals surface area contributed by atoms with E-state index in [1.807, 2.05) is 11.3 Å². The smallest absolute Gasteiger partial charge is 0.0640 e. The number of para-hydroxylation sites is 2. The van der Waals surface area contributed by atoms with Gasteiger partial charge in [-0.05, 0) is 101 Å². The number of fused-ring (bicyclic) bond motifs is 5. The van der Waals surface area contributed by atoms with Crippen LogP contribution >= 0.6 is 11.3 Å². The maximum Gasteiger partial charge on any atom is 0.0640 e. The minimum Gasteiger partial charge on any atom is -0.308 e. The summed E-state index contributed by atoms with van der Waals surface area (Å²) in [6.07, 6.45) is 0. The van der Waals surface area contributed by atoms with Gasteiger partial charge in [-0.25, -0.2) is 0 Å². The topological polar surface area (TPSA) is 3.24 Å². The van der Waals surface area contributed by atoms with Crippen LogP contribution in [-0.2, 0) is 10.8 Å². The molecule has 0 fully saturated rings. The molecule has 0 saturated heterocycles. The third-order valence-electron chi connectivity index (χ3n) is 13.4. The van der Waals surface area contributed by atoms with Crippen LogP contribution in [0.2, 0.25) is 0 Å². The molecule has 1 nitrogen and oxygen atoms in total. The lowest BCUT2D eigenvalue weighted by Gasteiger charge is -2.31. The summed E-state index contributed by atoms with van der Waals surface area (Å²) in [6.45, 7) is 14.0. The second-order valence-electron chi connectivity index (χ2n) is 19.7. The first kappa shape index (κ1) is 41.4. The first-order valence-electron chi connectivity index (χ1n) is 23.2. The first-order chi connectivity index (χ1) is 32.0. The van der Waals surface area contributed by atoms with E-state index in [4.69, 9.17) is 0 Å². The highest BCUT2D eigenvalue weighted by Gasteiger charge is 2.26. The van der Waals surface area contributed by atoms with Crippen molar-refractivity contribution in [1.82, 2.24) is 0 Å². The molecule has 66 heavy (non-hydrogen) atoms. The van der Waals surface area contributed by atoms with Crippen LogP contribution in [-0.4, -0.2) is 0 Å². The highest BCUT2D eigenvalue weighted by molar-refractivity contribution is 7.26. The fourth-order valence-corrected chi connectivity index (χ4v) is 11.2. The predicted molar refractivity (Wildman–Crippen MR) is 288 cm³/mol. The predicted octanol–water partition coefficient (Wildman–Crippen LogP) is 19.1. The number of benzene rings is 10. The highest BCUT2D eigenvalue weighted by Crippen LogP contribution is 2.52. The average molecular weight is 868 g/mol. The molecule has 0 atom stereocenters. The molecule has 0 spiro atoms. The number of thiophene rings is 1. The summed E-state index contributed by atoms with van der Waals surface area (Å²) >= 11 is 1.88. The lowest BCUT2D eigenvalue weighted by Crippen LogP contribution is -2.16. The molecule has 0 aliphatic rings. The third kappa shape index (κ3) is 7.27. The van der Waals surface area contributed by atoms with E-state index in [1.54, 1.807) is 0 Å². The lowest BCUT2D eigenvalue weighted by atomic mass is 9.78. The zero-order valence-corrected chi connectivity index (χ0v) is 39.4. The van der Waals surface area contributed by atoms with Gasteiger partial charge >= 0.3 is 0 Å². The molecular formula is C64H53NS. The Morgan fingerprint density at radius 3 is 1.32 bits per heavy atom. The van der Waals surface area contributed by atoms with Gasteiger partial charge in [0.05, 0.1) is 21.8 Å².